The van der Waals surface area contributed by atoms with Crippen LogP contribution in [0.2, 0.25) is 5.15 Å². The van der Waals surface area contributed by atoms with Gasteiger partial charge in [0.1, 0.15) is 18.2 Å². The van der Waals surface area contributed by atoms with Crippen molar-refractivity contribution in [2.45, 2.75) is 45.6 Å². The van der Waals surface area contributed by atoms with E-state index in [4.69, 9.17) is 22.1 Å². The average molecular weight is 590 g/mol. The van der Waals surface area contributed by atoms with Crippen LogP contribution >= 0.6 is 27.5 Å². The van der Waals surface area contributed by atoms with E-state index in [1.807, 2.05) is 44.2 Å². The molecule has 0 fully saturated rings. The van der Waals surface area contributed by atoms with Gasteiger partial charge < -0.3 is 10.5 Å². The first-order valence-electron chi connectivity index (χ1n) is 12.4. The van der Waals surface area contributed by atoms with Gasteiger partial charge in [-0.2, -0.15) is 5.26 Å². The smallest absolute Gasteiger partial charge is 0.161 e. The summed E-state index contributed by atoms with van der Waals surface area (Å²) in [6.45, 7) is 4.36. The fraction of sp³-hybridized carbons (Fsp3) is 0.233. The summed E-state index contributed by atoms with van der Waals surface area (Å²) in [5.74, 6) is 0.462. The minimum Gasteiger partial charge on any atom is -0.488 e. The van der Waals surface area contributed by atoms with Crippen molar-refractivity contribution in [2.24, 2.45) is 5.73 Å². The summed E-state index contributed by atoms with van der Waals surface area (Å²) >= 11 is 9.99. The minimum absolute atomic E-state index is 0.0217. The Balaban J connectivity index is 1.65. The van der Waals surface area contributed by atoms with Gasteiger partial charge in [0.25, 0.3) is 0 Å². The molecule has 6 nitrogen and oxygen atoms in total. The topological polar surface area (TPSA) is 92.2 Å². The molecule has 0 bridgehead atoms. The minimum atomic E-state index is -0.573. The van der Waals surface area contributed by atoms with Gasteiger partial charge >= 0.3 is 0 Å². The maximum absolute atomic E-state index is 13.5. The van der Waals surface area contributed by atoms with Crippen LogP contribution in [0, 0.1) is 25.2 Å². The van der Waals surface area contributed by atoms with Crippen molar-refractivity contribution in [1.82, 2.24) is 4.98 Å². The maximum atomic E-state index is 13.5. The second kappa shape index (κ2) is 10.6. The van der Waals surface area contributed by atoms with Crippen LogP contribution in [0.1, 0.15) is 47.4 Å². The molecule has 1 aliphatic carbocycles. The van der Waals surface area contributed by atoms with Crippen LogP contribution < -0.4 is 15.4 Å². The third kappa shape index (κ3) is 4.59. The molecule has 2 aromatic carbocycles. The SMILES string of the molecule is Cc1cc(COc2ccccc2Br)c(C)c(C2C(C#N)=C(N)N(c3cccnc3Cl)C3=C2C(=O)CCC3)c1. The molecule has 2 aliphatic rings. The lowest BCUT2D eigenvalue weighted by molar-refractivity contribution is -0.116. The number of hydrogen-bond acceptors (Lipinski definition) is 6. The van der Waals surface area contributed by atoms with Gasteiger partial charge in [-0.1, -0.05) is 41.4 Å². The maximum Gasteiger partial charge on any atom is 0.161 e. The normalized spacial score (nSPS) is 17.4. The first kappa shape index (κ1) is 26.0. The van der Waals surface area contributed by atoms with Crippen molar-refractivity contribution in [3.63, 3.8) is 0 Å². The molecule has 0 amide bonds. The van der Waals surface area contributed by atoms with Crippen LogP contribution in [0.15, 0.2) is 81.9 Å². The van der Waals surface area contributed by atoms with Gasteiger partial charge in [-0.25, -0.2) is 4.98 Å². The number of nitrogens with two attached hydrogens (primary N) is 1. The lowest BCUT2D eigenvalue weighted by atomic mass is 9.73. The lowest BCUT2D eigenvalue weighted by Crippen LogP contribution is -2.39. The Morgan fingerprint density at radius 1 is 1.21 bits per heavy atom. The summed E-state index contributed by atoms with van der Waals surface area (Å²) < 4.78 is 7.01. The number of Topliss-reactive ketones (excluding diaryl/α,β-unsaturated/α-hetero) is 1. The highest BCUT2D eigenvalue weighted by molar-refractivity contribution is 9.10. The number of ketones is 1. The first-order chi connectivity index (χ1) is 18.3. The number of rotatable bonds is 5. The van der Waals surface area contributed by atoms with E-state index < -0.39 is 5.92 Å². The number of nitrogens with zero attached hydrogens (tertiary/aromatic N) is 3. The van der Waals surface area contributed by atoms with E-state index in [9.17, 15) is 10.1 Å². The molecule has 0 saturated heterocycles. The molecule has 1 atom stereocenters. The number of aromatic nitrogens is 1. The van der Waals surface area contributed by atoms with E-state index in [0.29, 0.717) is 42.7 Å². The molecule has 2 N–H and O–H groups in total. The molecule has 38 heavy (non-hydrogen) atoms. The third-order valence-corrected chi connectivity index (χ3v) is 8.07. The highest BCUT2D eigenvalue weighted by Crippen LogP contribution is 2.48. The van der Waals surface area contributed by atoms with E-state index in [1.54, 1.807) is 23.2 Å². The van der Waals surface area contributed by atoms with Gasteiger partial charge in [-0.05, 0) is 83.6 Å². The van der Waals surface area contributed by atoms with Gasteiger partial charge in [-0.15, -0.1) is 0 Å². The summed E-state index contributed by atoms with van der Waals surface area (Å²) in [6, 6.07) is 17.7. The van der Waals surface area contributed by atoms with Crippen molar-refractivity contribution < 1.29 is 9.53 Å². The molecule has 2 heterocycles. The zero-order valence-electron chi connectivity index (χ0n) is 21.1. The molecule has 8 heteroatoms. The number of para-hydroxylation sites is 1. The summed E-state index contributed by atoms with van der Waals surface area (Å²) in [5, 5.41) is 10.6. The standard InChI is InChI=1S/C30H26BrClN4O2/c1-17-13-19(16-38-26-11-4-3-7-22(26)31)18(2)20(14-17)27-21(15-33)30(34)36(24-9-6-12-35-29(24)32)23-8-5-10-25(37)28(23)27/h3-4,6-7,9,11-14,27H,5,8,10,16,34H2,1-2H3. The molecule has 1 unspecified atom stereocenters. The number of carbonyl (C=O) groups is 1. The third-order valence-electron chi connectivity index (χ3n) is 7.12. The van der Waals surface area contributed by atoms with Crippen LogP contribution in [0.5, 0.6) is 5.75 Å². The average Bonchev–Trinajstić information content (AvgIpc) is 2.90. The Bertz CT molecular complexity index is 1560. The Morgan fingerprint density at radius 2 is 2.00 bits per heavy atom. The van der Waals surface area contributed by atoms with E-state index in [-0.39, 0.29) is 16.8 Å². The molecular weight excluding hydrogens is 564 g/mol. The zero-order valence-corrected chi connectivity index (χ0v) is 23.4. The number of ether oxygens (including phenoxy) is 1. The Kier molecular flexibility index (Phi) is 7.29. The predicted molar refractivity (Wildman–Crippen MR) is 152 cm³/mol. The van der Waals surface area contributed by atoms with Crippen LogP contribution in [-0.4, -0.2) is 10.8 Å². The second-order valence-electron chi connectivity index (χ2n) is 9.49. The number of aryl methyl sites for hydroxylation is 1. The second-order valence-corrected chi connectivity index (χ2v) is 10.7. The van der Waals surface area contributed by atoms with Crippen molar-refractivity contribution in [3.05, 3.63) is 109 Å². The number of nitriles is 1. The number of hydrogen-bond donors (Lipinski definition) is 1. The summed E-state index contributed by atoms with van der Waals surface area (Å²) in [6.07, 6.45) is 3.36. The van der Waals surface area contributed by atoms with Crippen molar-refractivity contribution in [3.8, 4) is 11.8 Å². The van der Waals surface area contributed by atoms with Crippen LogP contribution in [0.3, 0.4) is 0 Å². The van der Waals surface area contributed by atoms with Gasteiger partial charge in [0.2, 0.25) is 0 Å². The summed E-state index contributed by atoms with van der Waals surface area (Å²) in [7, 11) is 0. The van der Waals surface area contributed by atoms with Crippen molar-refractivity contribution in [1.29, 1.82) is 5.26 Å². The van der Waals surface area contributed by atoms with Gasteiger partial charge in [-0.3, -0.25) is 9.69 Å². The van der Waals surface area contributed by atoms with E-state index in [0.717, 1.165) is 38.2 Å². The highest BCUT2D eigenvalue weighted by atomic mass is 79.9. The molecule has 0 saturated carbocycles. The first-order valence-corrected chi connectivity index (χ1v) is 13.5. The molecular formula is C30H26BrClN4O2. The molecule has 5 rings (SSSR count). The predicted octanol–water partition coefficient (Wildman–Crippen LogP) is 7.00. The van der Waals surface area contributed by atoms with Crippen molar-refractivity contribution in [2.75, 3.05) is 4.90 Å². The Morgan fingerprint density at radius 3 is 2.74 bits per heavy atom. The van der Waals surface area contributed by atoms with E-state index >= 15 is 0 Å². The van der Waals surface area contributed by atoms with Gasteiger partial charge in [0, 0.05) is 23.9 Å². The fourth-order valence-corrected chi connectivity index (χ4v) is 5.95. The molecule has 1 aromatic heterocycles. The van der Waals surface area contributed by atoms with Crippen LogP contribution in [0.4, 0.5) is 5.69 Å². The van der Waals surface area contributed by atoms with Crippen LogP contribution in [0.25, 0.3) is 0 Å². The number of allylic oxidation sites excluding steroid dienone is 3. The number of anilines is 1. The number of benzene rings is 2. The molecule has 0 spiro atoms. The zero-order chi connectivity index (χ0) is 27.0. The number of halogens is 2. The van der Waals surface area contributed by atoms with E-state index in [2.05, 4.69) is 33.0 Å². The quantitative estimate of drug-likeness (QED) is 0.322. The molecule has 3 aromatic rings. The monoisotopic (exact) mass is 588 g/mol. The molecule has 0 radical (unpaired) electrons. The number of pyridine rings is 1. The lowest BCUT2D eigenvalue weighted by Gasteiger charge is -2.40. The van der Waals surface area contributed by atoms with Gasteiger partial charge in [0.15, 0.2) is 10.9 Å². The molecule has 192 valence electrons. The summed E-state index contributed by atoms with van der Waals surface area (Å²) in [4.78, 5) is 19.5. The number of carbonyl (C=O) groups excluding carboxylic acids is 1. The Hall–Kier alpha value is -3.60. The molecule has 1 aliphatic heterocycles. The fourth-order valence-electron chi connectivity index (χ4n) is 5.35. The largest absolute Gasteiger partial charge is 0.488 e. The van der Waals surface area contributed by atoms with Crippen molar-refractivity contribution >= 4 is 39.0 Å². The Labute approximate surface area is 235 Å². The van der Waals surface area contributed by atoms with E-state index in [1.165, 1.54) is 0 Å². The highest BCUT2D eigenvalue weighted by Gasteiger charge is 2.41. The van der Waals surface area contributed by atoms with Crippen LogP contribution in [-0.2, 0) is 11.4 Å². The van der Waals surface area contributed by atoms with Gasteiger partial charge in [0.05, 0.1) is 27.7 Å². The summed E-state index contributed by atoms with van der Waals surface area (Å²) in [5.41, 5.74) is 12.8.